The van der Waals surface area contributed by atoms with Crippen molar-refractivity contribution in [3.63, 3.8) is 0 Å². The zero-order valence-electron chi connectivity index (χ0n) is 10.5. The van der Waals surface area contributed by atoms with Gasteiger partial charge >= 0.3 is 5.97 Å². The number of ether oxygens (including phenoxy) is 1. The van der Waals surface area contributed by atoms with Crippen LogP contribution < -0.4 is 11.1 Å². The Balaban J connectivity index is 2.29. The summed E-state index contributed by atoms with van der Waals surface area (Å²) in [6.07, 6.45) is 2.23. The van der Waals surface area contributed by atoms with Gasteiger partial charge in [0.1, 0.15) is 0 Å². The Hall–Kier alpha value is -1.42. The molecule has 0 spiro atoms. The number of methoxy groups -OCH3 is 1. The fourth-order valence-corrected chi connectivity index (χ4v) is 2.39. The summed E-state index contributed by atoms with van der Waals surface area (Å²) in [4.78, 5) is 11.7. The molecule has 0 heterocycles. The predicted molar refractivity (Wildman–Crippen MR) is 73.0 cm³/mol. The molecule has 3 N–H and O–H groups in total. The summed E-state index contributed by atoms with van der Waals surface area (Å²) in [6, 6.07) is 3.61. The number of nitrogens with one attached hydrogen (secondary N) is 1. The summed E-state index contributed by atoms with van der Waals surface area (Å²) in [5.74, 6) is 0.226. The summed E-state index contributed by atoms with van der Waals surface area (Å²) in [7, 11) is 1.34. The molecular weight excluding hydrogens is 252 g/mol. The van der Waals surface area contributed by atoms with Crippen LogP contribution in [0.1, 0.15) is 30.1 Å². The van der Waals surface area contributed by atoms with E-state index in [9.17, 15) is 4.79 Å². The number of carbonyl (C=O) groups is 1. The number of hydrogen-bond donors (Lipinski definition) is 2. The number of esters is 1. The predicted octanol–water partition coefficient (Wildman–Crippen LogP) is 2.92. The van der Waals surface area contributed by atoms with Gasteiger partial charge in [0.15, 0.2) is 0 Å². The average molecular weight is 269 g/mol. The molecule has 1 fully saturated rings. The molecule has 0 radical (unpaired) electrons. The van der Waals surface area contributed by atoms with E-state index in [-0.39, 0.29) is 0 Å². The second kappa shape index (κ2) is 5.06. The van der Waals surface area contributed by atoms with E-state index in [0.717, 1.165) is 12.8 Å². The van der Waals surface area contributed by atoms with E-state index in [1.807, 2.05) is 0 Å². The zero-order chi connectivity index (χ0) is 13.3. The quantitative estimate of drug-likeness (QED) is 0.651. The molecule has 1 aromatic rings. The van der Waals surface area contributed by atoms with Gasteiger partial charge in [-0.15, -0.1) is 0 Å². The van der Waals surface area contributed by atoms with Gasteiger partial charge in [-0.1, -0.05) is 24.9 Å². The third-order valence-corrected chi connectivity index (χ3v) is 3.59. The lowest BCUT2D eigenvalue weighted by Gasteiger charge is -2.13. The van der Waals surface area contributed by atoms with Crippen molar-refractivity contribution in [2.45, 2.75) is 25.8 Å². The van der Waals surface area contributed by atoms with Crippen LogP contribution in [0.4, 0.5) is 11.4 Å². The molecule has 2 atom stereocenters. The highest BCUT2D eigenvalue weighted by atomic mass is 35.5. The highest BCUT2D eigenvalue weighted by molar-refractivity contribution is 6.34. The lowest BCUT2D eigenvalue weighted by atomic mass is 10.1. The first-order valence-electron chi connectivity index (χ1n) is 6.00. The van der Waals surface area contributed by atoms with Crippen molar-refractivity contribution < 1.29 is 9.53 Å². The molecule has 1 aromatic carbocycles. The number of anilines is 2. The lowest BCUT2D eigenvalue weighted by molar-refractivity contribution is 0.0602. The van der Waals surface area contributed by atoms with E-state index in [1.54, 1.807) is 12.1 Å². The number of benzene rings is 1. The van der Waals surface area contributed by atoms with E-state index in [1.165, 1.54) is 7.11 Å². The molecule has 0 saturated heterocycles. The van der Waals surface area contributed by atoms with Crippen LogP contribution in [0, 0.1) is 5.92 Å². The lowest BCUT2D eigenvalue weighted by Crippen LogP contribution is -2.12. The van der Waals surface area contributed by atoms with Crippen LogP contribution in [0.5, 0.6) is 0 Å². The van der Waals surface area contributed by atoms with Crippen LogP contribution in [0.25, 0.3) is 0 Å². The Morgan fingerprint density at radius 3 is 2.89 bits per heavy atom. The van der Waals surface area contributed by atoms with E-state index >= 15 is 0 Å². The van der Waals surface area contributed by atoms with Crippen LogP contribution in [-0.2, 0) is 4.74 Å². The van der Waals surface area contributed by atoms with Crippen LogP contribution in [0.15, 0.2) is 12.1 Å². The van der Waals surface area contributed by atoms with Gasteiger partial charge in [-0.3, -0.25) is 0 Å². The Morgan fingerprint density at radius 2 is 2.33 bits per heavy atom. The molecule has 0 amide bonds. The van der Waals surface area contributed by atoms with Gasteiger partial charge < -0.3 is 15.8 Å². The van der Waals surface area contributed by atoms with Crippen LogP contribution in [0.2, 0.25) is 5.02 Å². The number of rotatable bonds is 4. The number of nitrogens with two attached hydrogens (primary N) is 1. The third-order valence-electron chi connectivity index (χ3n) is 3.29. The second-order valence-electron chi connectivity index (χ2n) is 4.57. The summed E-state index contributed by atoms with van der Waals surface area (Å²) >= 11 is 6.15. The van der Waals surface area contributed by atoms with Crippen LogP contribution >= 0.6 is 11.6 Å². The fraction of sp³-hybridized carbons (Fsp3) is 0.462. The first-order valence-corrected chi connectivity index (χ1v) is 6.38. The number of hydrogen-bond acceptors (Lipinski definition) is 4. The zero-order valence-corrected chi connectivity index (χ0v) is 11.3. The maximum Gasteiger partial charge on any atom is 0.340 e. The average Bonchev–Trinajstić information content (AvgIpc) is 3.09. The monoisotopic (exact) mass is 268 g/mol. The van der Waals surface area contributed by atoms with Crippen LogP contribution in [-0.4, -0.2) is 19.1 Å². The second-order valence-corrected chi connectivity index (χ2v) is 4.98. The molecule has 18 heavy (non-hydrogen) atoms. The molecule has 2 rings (SSSR count). The van der Waals surface area contributed by atoms with Crippen molar-refractivity contribution in [3.8, 4) is 0 Å². The summed E-state index contributed by atoms with van der Waals surface area (Å²) in [5, 5.41) is 3.76. The minimum absolute atomic E-state index is 0.388. The third kappa shape index (κ3) is 2.53. The highest BCUT2D eigenvalue weighted by Gasteiger charge is 2.36. The van der Waals surface area contributed by atoms with Crippen molar-refractivity contribution in [3.05, 3.63) is 22.7 Å². The standard InChI is InChI=1S/C13H17ClN2O2/c1-3-7-4-11(7)16-12-9(13(17)18-2)5-8(15)6-10(12)14/h5-7,11,16H,3-4,15H2,1-2H3. The maximum absolute atomic E-state index is 11.7. The van der Waals surface area contributed by atoms with Gasteiger partial charge in [0.2, 0.25) is 0 Å². The molecule has 98 valence electrons. The molecule has 1 aliphatic carbocycles. The van der Waals surface area contributed by atoms with Crippen LogP contribution in [0.3, 0.4) is 0 Å². The Bertz CT molecular complexity index is 476. The van der Waals surface area contributed by atoms with Gasteiger partial charge in [0.25, 0.3) is 0 Å². The molecule has 0 aliphatic heterocycles. The summed E-state index contributed by atoms with van der Waals surface area (Å²) in [6.45, 7) is 2.15. The molecule has 1 saturated carbocycles. The minimum atomic E-state index is -0.430. The van der Waals surface area contributed by atoms with Crippen molar-refractivity contribution in [1.82, 2.24) is 0 Å². The Morgan fingerprint density at radius 1 is 1.61 bits per heavy atom. The van der Waals surface area contributed by atoms with E-state index in [0.29, 0.717) is 33.9 Å². The van der Waals surface area contributed by atoms with Gasteiger partial charge in [-0.2, -0.15) is 0 Å². The molecule has 4 nitrogen and oxygen atoms in total. The summed E-state index contributed by atoms with van der Waals surface area (Å²) in [5.41, 5.74) is 7.17. The molecular formula is C13H17ClN2O2. The number of halogens is 1. The van der Waals surface area contributed by atoms with Gasteiger partial charge in [-0.05, 0) is 24.5 Å². The van der Waals surface area contributed by atoms with Gasteiger partial charge in [0.05, 0.1) is 23.4 Å². The Labute approximate surface area is 111 Å². The van der Waals surface area contributed by atoms with Crippen molar-refractivity contribution in [2.24, 2.45) is 5.92 Å². The van der Waals surface area contributed by atoms with E-state index in [4.69, 9.17) is 22.1 Å². The first kappa shape index (κ1) is 13.0. The topological polar surface area (TPSA) is 64.3 Å². The number of carbonyl (C=O) groups excluding carboxylic acids is 1. The molecule has 0 aromatic heterocycles. The van der Waals surface area contributed by atoms with Gasteiger partial charge in [-0.25, -0.2) is 4.79 Å². The molecule has 5 heteroatoms. The SMILES string of the molecule is CCC1CC1Nc1c(Cl)cc(N)cc1C(=O)OC. The fourth-order valence-electron chi connectivity index (χ4n) is 2.11. The minimum Gasteiger partial charge on any atom is -0.465 e. The normalized spacial score (nSPS) is 21.5. The van der Waals surface area contributed by atoms with Gasteiger partial charge in [0, 0.05) is 11.7 Å². The highest BCUT2D eigenvalue weighted by Crippen LogP contribution is 2.39. The van der Waals surface area contributed by atoms with E-state index in [2.05, 4.69) is 12.2 Å². The van der Waals surface area contributed by atoms with Crippen molar-refractivity contribution in [1.29, 1.82) is 0 Å². The van der Waals surface area contributed by atoms with Crippen molar-refractivity contribution in [2.75, 3.05) is 18.2 Å². The molecule has 0 bridgehead atoms. The Kier molecular flexibility index (Phi) is 3.66. The van der Waals surface area contributed by atoms with Crippen molar-refractivity contribution >= 4 is 28.9 Å². The largest absolute Gasteiger partial charge is 0.465 e. The maximum atomic E-state index is 11.7. The number of nitrogen functional groups attached to an aromatic ring is 1. The molecule has 1 aliphatic rings. The van der Waals surface area contributed by atoms with E-state index < -0.39 is 5.97 Å². The summed E-state index contributed by atoms with van der Waals surface area (Å²) < 4.78 is 4.75. The smallest absolute Gasteiger partial charge is 0.340 e. The molecule has 2 unspecified atom stereocenters. The first-order chi connectivity index (χ1) is 8.56.